The average molecular weight is 249 g/mol. The third-order valence-electron chi connectivity index (χ3n) is 3.63. The molecular formula is C14H17ClN2. The number of piperidine rings is 1. The monoisotopic (exact) mass is 248 g/mol. The highest BCUT2D eigenvalue weighted by molar-refractivity contribution is 6.30. The fourth-order valence-electron chi connectivity index (χ4n) is 2.46. The van der Waals surface area contributed by atoms with E-state index in [-0.39, 0.29) is 5.41 Å². The van der Waals surface area contributed by atoms with Crippen LogP contribution >= 0.6 is 11.6 Å². The van der Waals surface area contributed by atoms with E-state index < -0.39 is 0 Å². The van der Waals surface area contributed by atoms with Crippen molar-refractivity contribution in [2.24, 2.45) is 5.41 Å². The van der Waals surface area contributed by atoms with Crippen molar-refractivity contribution in [1.82, 2.24) is 5.32 Å². The summed E-state index contributed by atoms with van der Waals surface area (Å²) in [4.78, 5) is 0. The molecule has 0 spiro atoms. The zero-order valence-electron chi connectivity index (χ0n) is 10.1. The molecule has 17 heavy (non-hydrogen) atoms. The Labute approximate surface area is 108 Å². The molecule has 1 fully saturated rings. The highest BCUT2D eigenvalue weighted by Crippen LogP contribution is 2.33. The minimum absolute atomic E-state index is 0.191. The van der Waals surface area contributed by atoms with Crippen LogP contribution in [0.25, 0.3) is 0 Å². The molecule has 1 saturated heterocycles. The summed E-state index contributed by atoms with van der Waals surface area (Å²) in [6, 6.07) is 8.48. The predicted octanol–water partition coefficient (Wildman–Crippen LogP) is 3.08. The quantitative estimate of drug-likeness (QED) is 0.873. The van der Waals surface area contributed by atoms with Crippen LogP contribution in [-0.2, 0) is 6.42 Å². The molecule has 90 valence electrons. The molecule has 1 aromatic carbocycles. The smallest absolute Gasteiger partial charge is 0.0694 e. The number of rotatable bonds is 2. The second-order valence-electron chi connectivity index (χ2n) is 4.89. The minimum atomic E-state index is -0.191. The summed E-state index contributed by atoms with van der Waals surface area (Å²) in [6.07, 6.45) is 2.71. The largest absolute Gasteiger partial charge is 0.317 e. The number of nitrogens with zero attached hydrogens (tertiary/aromatic N) is 1. The first-order chi connectivity index (χ1) is 8.15. The second kappa shape index (κ2) is 5.08. The lowest BCUT2D eigenvalue weighted by Gasteiger charge is -2.31. The third kappa shape index (κ3) is 2.80. The molecule has 1 heterocycles. The Hall–Kier alpha value is -1.04. The summed E-state index contributed by atoms with van der Waals surface area (Å²) in [6.45, 7) is 3.95. The SMILES string of the molecule is Cc1cc(Cl)ccc1CC1(C#N)CCNCC1. The van der Waals surface area contributed by atoms with Gasteiger partial charge in [0.25, 0.3) is 0 Å². The number of nitriles is 1. The summed E-state index contributed by atoms with van der Waals surface area (Å²) in [5, 5.41) is 13.5. The van der Waals surface area contributed by atoms with Gasteiger partial charge >= 0.3 is 0 Å². The van der Waals surface area contributed by atoms with Crippen LogP contribution in [0.2, 0.25) is 5.02 Å². The standard InChI is InChI=1S/C14H17ClN2/c1-11-8-13(15)3-2-12(11)9-14(10-16)4-6-17-7-5-14/h2-3,8,17H,4-7,9H2,1H3. The Morgan fingerprint density at radius 3 is 2.71 bits per heavy atom. The first kappa shape index (κ1) is 12.4. The van der Waals surface area contributed by atoms with Crippen LogP contribution in [0.4, 0.5) is 0 Å². The van der Waals surface area contributed by atoms with Crippen LogP contribution in [0.15, 0.2) is 18.2 Å². The van der Waals surface area contributed by atoms with Gasteiger partial charge in [-0.3, -0.25) is 0 Å². The van der Waals surface area contributed by atoms with Crippen molar-refractivity contribution >= 4 is 11.6 Å². The Kier molecular flexibility index (Phi) is 3.71. The summed E-state index contributed by atoms with van der Waals surface area (Å²) in [5.41, 5.74) is 2.24. The fraction of sp³-hybridized carbons (Fsp3) is 0.500. The van der Waals surface area contributed by atoms with Gasteiger partial charge < -0.3 is 5.32 Å². The van der Waals surface area contributed by atoms with E-state index in [1.54, 1.807) is 0 Å². The highest BCUT2D eigenvalue weighted by atomic mass is 35.5. The average Bonchev–Trinajstić information content (AvgIpc) is 2.34. The molecule has 2 nitrogen and oxygen atoms in total. The van der Waals surface area contributed by atoms with Gasteiger partial charge in [0.2, 0.25) is 0 Å². The molecule has 0 amide bonds. The molecule has 0 atom stereocenters. The molecule has 0 saturated carbocycles. The van der Waals surface area contributed by atoms with Crippen molar-refractivity contribution < 1.29 is 0 Å². The number of benzene rings is 1. The van der Waals surface area contributed by atoms with Crippen molar-refractivity contribution in [2.45, 2.75) is 26.2 Å². The molecule has 2 rings (SSSR count). The van der Waals surface area contributed by atoms with E-state index in [4.69, 9.17) is 11.6 Å². The van der Waals surface area contributed by atoms with Gasteiger partial charge in [-0.05, 0) is 62.5 Å². The maximum absolute atomic E-state index is 9.44. The van der Waals surface area contributed by atoms with Gasteiger partial charge in [0.15, 0.2) is 0 Å². The molecule has 0 unspecified atom stereocenters. The van der Waals surface area contributed by atoms with Crippen LogP contribution < -0.4 is 5.32 Å². The van der Waals surface area contributed by atoms with E-state index >= 15 is 0 Å². The van der Waals surface area contributed by atoms with Crippen molar-refractivity contribution in [3.8, 4) is 6.07 Å². The highest BCUT2D eigenvalue weighted by Gasteiger charge is 2.32. The van der Waals surface area contributed by atoms with E-state index in [1.807, 2.05) is 12.1 Å². The zero-order chi connectivity index (χ0) is 12.3. The van der Waals surface area contributed by atoms with Crippen LogP contribution in [0.5, 0.6) is 0 Å². The molecule has 0 aliphatic carbocycles. The van der Waals surface area contributed by atoms with E-state index in [2.05, 4.69) is 24.4 Å². The second-order valence-corrected chi connectivity index (χ2v) is 5.33. The van der Waals surface area contributed by atoms with Crippen molar-refractivity contribution in [1.29, 1.82) is 5.26 Å². The first-order valence-corrected chi connectivity index (χ1v) is 6.40. The molecule has 0 aromatic heterocycles. The van der Waals surface area contributed by atoms with Crippen molar-refractivity contribution in [3.05, 3.63) is 34.3 Å². The molecular weight excluding hydrogens is 232 g/mol. The minimum Gasteiger partial charge on any atom is -0.317 e. The Morgan fingerprint density at radius 1 is 1.41 bits per heavy atom. The lowest BCUT2D eigenvalue weighted by molar-refractivity contribution is 0.280. The molecule has 1 aliphatic rings. The summed E-state index contributed by atoms with van der Waals surface area (Å²) >= 11 is 5.95. The van der Waals surface area contributed by atoms with E-state index in [0.717, 1.165) is 37.4 Å². The zero-order valence-corrected chi connectivity index (χ0v) is 10.8. The lowest BCUT2D eigenvalue weighted by Crippen LogP contribution is -2.37. The summed E-state index contributed by atoms with van der Waals surface area (Å²) in [5.74, 6) is 0. The van der Waals surface area contributed by atoms with E-state index in [0.29, 0.717) is 0 Å². The van der Waals surface area contributed by atoms with Gasteiger partial charge in [0, 0.05) is 5.02 Å². The van der Waals surface area contributed by atoms with Gasteiger partial charge in [0.1, 0.15) is 0 Å². The molecule has 3 heteroatoms. The Morgan fingerprint density at radius 2 is 2.12 bits per heavy atom. The topological polar surface area (TPSA) is 35.8 Å². The number of hydrogen-bond acceptors (Lipinski definition) is 2. The summed E-state index contributed by atoms with van der Waals surface area (Å²) in [7, 11) is 0. The van der Waals surface area contributed by atoms with Gasteiger partial charge in [-0.15, -0.1) is 0 Å². The number of aryl methyl sites for hydroxylation is 1. The first-order valence-electron chi connectivity index (χ1n) is 6.02. The maximum atomic E-state index is 9.44. The van der Waals surface area contributed by atoms with Crippen LogP contribution in [0, 0.1) is 23.7 Å². The summed E-state index contributed by atoms with van der Waals surface area (Å²) < 4.78 is 0. The molecule has 0 bridgehead atoms. The molecule has 0 radical (unpaired) electrons. The normalized spacial score (nSPS) is 18.6. The fourth-order valence-corrected chi connectivity index (χ4v) is 2.68. The van der Waals surface area contributed by atoms with Gasteiger partial charge in [0.05, 0.1) is 11.5 Å². The third-order valence-corrected chi connectivity index (χ3v) is 3.87. The van der Waals surface area contributed by atoms with Crippen molar-refractivity contribution in [3.63, 3.8) is 0 Å². The number of nitrogens with one attached hydrogen (secondary N) is 1. The van der Waals surface area contributed by atoms with Gasteiger partial charge in [-0.2, -0.15) is 5.26 Å². The Balaban J connectivity index is 2.21. The van der Waals surface area contributed by atoms with Gasteiger partial charge in [-0.25, -0.2) is 0 Å². The molecule has 1 N–H and O–H groups in total. The van der Waals surface area contributed by atoms with E-state index in [1.165, 1.54) is 11.1 Å². The van der Waals surface area contributed by atoms with Crippen LogP contribution in [-0.4, -0.2) is 13.1 Å². The molecule has 1 aromatic rings. The number of halogens is 1. The van der Waals surface area contributed by atoms with Crippen LogP contribution in [0.1, 0.15) is 24.0 Å². The maximum Gasteiger partial charge on any atom is 0.0694 e. The van der Waals surface area contributed by atoms with Gasteiger partial charge in [-0.1, -0.05) is 17.7 Å². The Bertz CT molecular complexity index is 442. The predicted molar refractivity (Wildman–Crippen MR) is 70.0 cm³/mol. The number of hydrogen-bond donors (Lipinski definition) is 1. The lowest BCUT2D eigenvalue weighted by atomic mass is 9.75. The van der Waals surface area contributed by atoms with Crippen LogP contribution in [0.3, 0.4) is 0 Å². The van der Waals surface area contributed by atoms with Crippen molar-refractivity contribution in [2.75, 3.05) is 13.1 Å². The molecule has 1 aliphatic heterocycles. The van der Waals surface area contributed by atoms with E-state index in [9.17, 15) is 5.26 Å².